The Hall–Kier alpha value is -3.53. The van der Waals surface area contributed by atoms with Crippen molar-refractivity contribution in [1.29, 1.82) is 0 Å². The number of likely N-dealkylation sites (tertiary alicyclic amines) is 1. The van der Waals surface area contributed by atoms with Crippen molar-refractivity contribution in [2.75, 3.05) is 20.2 Å². The molecule has 172 valence electrons. The number of carboxylic acid groups (broad SMARTS) is 1. The lowest BCUT2D eigenvalue weighted by Gasteiger charge is -2.17. The summed E-state index contributed by atoms with van der Waals surface area (Å²) >= 11 is 1.71. The number of ether oxygens (including phenoxy) is 1. The molecule has 1 aromatic carbocycles. The van der Waals surface area contributed by atoms with Crippen LogP contribution in [0.4, 0.5) is 4.79 Å². The minimum atomic E-state index is -1.07. The predicted octanol–water partition coefficient (Wildman–Crippen LogP) is 3.77. The summed E-state index contributed by atoms with van der Waals surface area (Å²) in [5.41, 5.74) is 3.01. The molecule has 2 amide bonds. The SMILES string of the molecule is CCn1c(-c2nc3cc(C(=O)N4CCC(NC(=O)O)C4)cc(OC)c3n2C)cc2ccsc21. The summed E-state index contributed by atoms with van der Waals surface area (Å²) in [6.45, 7) is 3.78. The summed E-state index contributed by atoms with van der Waals surface area (Å²) in [6, 6.07) is 7.54. The van der Waals surface area contributed by atoms with Crippen LogP contribution in [-0.4, -0.2) is 62.4 Å². The zero-order valence-corrected chi connectivity index (χ0v) is 19.5. The molecule has 0 spiro atoms. The van der Waals surface area contributed by atoms with E-state index in [1.807, 2.05) is 11.6 Å². The van der Waals surface area contributed by atoms with Crippen LogP contribution in [0.15, 0.2) is 29.6 Å². The van der Waals surface area contributed by atoms with Crippen molar-refractivity contribution in [3.8, 4) is 17.3 Å². The van der Waals surface area contributed by atoms with E-state index in [4.69, 9.17) is 14.8 Å². The number of aryl methyl sites for hydroxylation is 2. The van der Waals surface area contributed by atoms with Gasteiger partial charge in [0.15, 0.2) is 5.82 Å². The van der Waals surface area contributed by atoms with E-state index in [1.54, 1.807) is 35.5 Å². The first-order valence-electron chi connectivity index (χ1n) is 10.8. The first-order valence-corrected chi connectivity index (χ1v) is 11.7. The summed E-state index contributed by atoms with van der Waals surface area (Å²) in [7, 11) is 3.54. The van der Waals surface area contributed by atoms with Crippen LogP contribution in [0.2, 0.25) is 0 Å². The summed E-state index contributed by atoms with van der Waals surface area (Å²) in [4.78, 5) is 31.9. The van der Waals surface area contributed by atoms with Crippen LogP contribution in [0.5, 0.6) is 5.75 Å². The fourth-order valence-corrected chi connectivity index (χ4v) is 5.67. The number of aromatic nitrogens is 3. The van der Waals surface area contributed by atoms with E-state index < -0.39 is 6.09 Å². The number of fused-ring (bicyclic) bond motifs is 2. The summed E-state index contributed by atoms with van der Waals surface area (Å²) in [5.74, 6) is 1.23. The van der Waals surface area contributed by atoms with Gasteiger partial charge in [-0.05, 0) is 43.0 Å². The maximum atomic E-state index is 13.2. The van der Waals surface area contributed by atoms with Crippen molar-refractivity contribution in [2.45, 2.75) is 25.9 Å². The van der Waals surface area contributed by atoms with E-state index in [0.29, 0.717) is 36.3 Å². The smallest absolute Gasteiger partial charge is 0.404 e. The molecule has 0 aliphatic carbocycles. The Labute approximate surface area is 194 Å². The third kappa shape index (κ3) is 3.50. The van der Waals surface area contributed by atoms with Gasteiger partial charge in [-0.25, -0.2) is 9.78 Å². The second kappa shape index (κ2) is 8.11. The number of methoxy groups -OCH3 is 1. The Bertz CT molecular complexity index is 1380. The molecule has 0 bridgehead atoms. The number of amides is 2. The second-order valence-electron chi connectivity index (χ2n) is 8.18. The molecule has 9 nitrogen and oxygen atoms in total. The third-order valence-corrected chi connectivity index (χ3v) is 7.20. The van der Waals surface area contributed by atoms with Gasteiger partial charge in [0.25, 0.3) is 5.91 Å². The average Bonchev–Trinajstić information content (AvgIpc) is 3.55. The fourth-order valence-electron chi connectivity index (χ4n) is 4.71. The molecule has 5 rings (SSSR count). The van der Waals surface area contributed by atoms with Gasteiger partial charge < -0.3 is 29.2 Å². The van der Waals surface area contributed by atoms with Gasteiger partial charge in [-0.2, -0.15) is 0 Å². The van der Waals surface area contributed by atoms with Crippen LogP contribution >= 0.6 is 11.3 Å². The molecule has 1 saturated heterocycles. The van der Waals surface area contributed by atoms with Crippen LogP contribution in [-0.2, 0) is 13.6 Å². The highest BCUT2D eigenvalue weighted by Crippen LogP contribution is 2.35. The van der Waals surface area contributed by atoms with Crippen molar-refractivity contribution < 1.29 is 19.4 Å². The van der Waals surface area contributed by atoms with Gasteiger partial charge in [-0.3, -0.25) is 4.79 Å². The molecule has 0 saturated carbocycles. The third-order valence-electron chi connectivity index (χ3n) is 6.25. The lowest BCUT2D eigenvalue weighted by atomic mass is 10.1. The minimum absolute atomic E-state index is 0.158. The van der Waals surface area contributed by atoms with Gasteiger partial charge in [-0.1, -0.05) is 0 Å². The first-order chi connectivity index (χ1) is 15.9. The minimum Gasteiger partial charge on any atom is -0.494 e. The molecular formula is C23H25N5O4S. The number of benzene rings is 1. The normalized spacial score (nSPS) is 16.1. The number of hydrogen-bond acceptors (Lipinski definition) is 5. The average molecular weight is 468 g/mol. The Morgan fingerprint density at radius 3 is 2.88 bits per heavy atom. The van der Waals surface area contributed by atoms with Crippen molar-refractivity contribution in [3.05, 3.63) is 35.2 Å². The molecule has 4 heterocycles. The van der Waals surface area contributed by atoms with Gasteiger partial charge in [0.1, 0.15) is 16.1 Å². The maximum Gasteiger partial charge on any atom is 0.404 e. The monoisotopic (exact) mass is 467 g/mol. The van der Waals surface area contributed by atoms with Crippen molar-refractivity contribution >= 4 is 44.6 Å². The zero-order chi connectivity index (χ0) is 23.3. The number of hydrogen-bond donors (Lipinski definition) is 2. The molecule has 1 aliphatic rings. The van der Waals surface area contributed by atoms with E-state index in [0.717, 1.165) is 23.6 Å². The number of carbonyl (C=O) groups is 2. The topological polar surface area (TPSA) is 102 Å². The summed E-state index contributed by atoms with van der Waals surface area (Å²) < 4.78 is 9.92. The largest absolute Gasteiger partial charge is 0.494 e. The molecule has 0 radical (unpaired) electrons. The highest BCUT2D eigenvalue weighted by molar-refractivity contribution is 7.16. The van der Waals surface area contributed by atoms with Gasteiger partial charge in [0.05, 0.1) is 24.4 Å². The molecule has 3 aromatic heterocycles. The van der Waals surface area contributed by atoms with Gasteiger partial charge in [0.2, 0.25) is 0 Å². The van der Waals surface area contributed by atoms with Crippen LogP contribution in [0, 0.1) is 0 Å². The van der Waals surface area contributed by atoms with Crippen LogP contribution in [0.25, 0.3) is 32.8 Å². The molecule has 4 aromatic rings. The standard InChI is InChI=1S/C23H25N5O4S/c1-4-28-17(10-13-6-8-33-22(13)28)20-25-16-9-14(11-18(32-3)19(16)26(20)2)21(29)27-7-5-15(12-27)24-23(30)31/h6,8-11,15,24H,4-5,7,12H2,1-3H3,(H,30,31). The molecule has 1 unspecified atom stereocenters. The van der Waals surface area contributed by atoms with Crippen LogP contribution in [0.3, 0.4) is 0 Å². The Morgan fingerprint density at radius 2 is 2.15 bits per heavy atom. The van der Waals surface area contributed by atoms with E-state index in [1.165, 1.54) is 10.2 Å². The Balaban J connectivity index is 1.55. The molecule has 1 atom stereocenters. The zero-order valence-electron chi connectivity index (χ0n) is 18.7. The summed E-state index contributed by atoms with van der Waals surface area (Å²) in [6.07, 6.45) is -0.480. The highest BCUT2D eigenvalue weighted by atomic mass is 32.1. The molecular weight excluding hydrogens is 442 g/mol. The molecule has 2 N–H and O–H groups in total. The molecule has 1 fully saturated rings. The molecule has 1 aliphatic heterocycles. The number of nitrogens with zero attached hydrogens (tertiary/aromatic N) is 4. The van der Waals surface area contributed by atoms with Crippen LogP contribution < -0.4 is 10.1 Å². The Morgan fingerprint density at radius 1 is 1.33 bits per heavy atom. The number of imidazole rings is 1. The van der Waals surface area contributed by atoms with E-state index >= 15 is 0 Å². The van der Waals surface area contributed by atoms with Crippen LogP contribution in [0.1, 0.15) is 23.7 Å². The first kappa shape index (κ1) is 21.3. The van der Waals surface area contributed by atoms with Crippen molar-refractivity contribution in [1.82, 2.24) is 24.3 Å². The fraction of sp³-hybridized carbons (Fsp3) is 0.348. The van der Waals surface area contributed by atoms with E-state index in [9.17, 15) is 9.59 Å². The van der Waals surface area contributed by atoms with Gasteiger partial charge >= 0.3 is 6.09 Å². The van der Waals surface area contributed by atoms with Crippen molar-refractivity contribution in [3.63, 3.8) is 0 Å². The van der Waals surface area contributed by atoms with E-state index in [2.05, 4.69) is 34.3 Å². The molecule has 33 heavy (non-hydrogen) atoms. The maximum absolute atomic E-state index is 13.2. The predicted molar refractivity (Wildman–Crippen MR) is 127 cm³/mol. The number of carbonyl (C=O) groups excluding carboxylic acids is 1. The van der Waals surface area contributed by atoms with Gasteiger partial charge in [-0.15, -0.1) is 11.3 Å². The highest BCUT2D eigenvalue weighted by Gasteiger charge is 2.29. The van der Waals surface area contributed by atoms with E-state index in [-0.39, 0.29) is 11.9 Å². The quantitative estimate of drug-likeness (QED) is 0.465. The summed E-state index contributed by atoms with van der Waals surface area (Å²) in [5, 5.41) is 14.7. The Kier molecular flexibility index (Phi) is 5.24. The van der Waals surface area contributed by atoms with Crippen molar-refractivity contribution in [2.24, 2.45) is 7.05 Å². The lowest BCUT2D eigenvalue weighted by Crippen LogP contribution is -2.37. The number of nitrogens with one attached hydrogen (secondary N) is 1. The number of rotatable bonds is 5. The molecule has 10 heteroatoms. The van der Waals surface area contributed by atoms with Gasteiger partial charge in [0, 0.05) is 37.6 Å². The lowest BCUT2D eigenvalue weighted by molar-refractivity contribution is 0.0788. The number of thiophene rings is 1. The second-order valence-corrected chi connectivity index (χ2v) is 9.08.